The number of phosphoric acid groups is 3. The highest BCUT2D eigenvalue weighted by Gasteiger charge is 2.41. The molecule has 22 heteroatoms. The molecule has 0 aliphatic carbocycles. The van der Waals surface area contributed by atoms with E-state index < -0.39 is 55.2 Å². The summed E-state index contributed by atoms with van der Waals surface area (Å²) in [6, 6.07) is 0. The summed E-state index contributed by atoms with van der Waals surface area (Å²) in [6.07, 6.45) is -3.47. The molecule has 0 fully saturated rings. The molecule has 188 valence electrons. The maximum absolute atomic E-state index is 13.1. The molecule has 0 saturated heterocycles. The molecule has 2 aromatic rings. The Balaban J connectivity index is 2.15. The van der Waals surface area contributed by atoms with E-state index in [9.17, 15) is 28.1 Å². The number of rotatable bonds is 12. The Labute approximate surface area is 183 Å². The van der Waals surface area contributed by atoms with E-state index in [1.54, 1.807) is 0 Å². The average Bonchev–Trinajstić information content (AvgIpc) is 3.05. The van der Waals surface area contributed by atoms with Gasteiger partial charge in [0.1, 0.15) is 30.6 Å². The molecule has 9 N–H and O–H groups in total. The van der Waals surface area contributed by atoms with Gasteiger partial charge < -0.3 is 40.9 Å². The number of aliphatic hydroxyl groups is 1. The SMILES string of the molecule is CC(O[C@H](COP(=O)(O)OP(=O)(O)OP(=O)(O)O)C(O)CF)n1cnc2c(N)nc(N)nc21. The second-order valence-corrected chi connectivity index (χ2v) is 10.6. The number of ether oxygens (including phenoxy) is 1. The zero-order valence-electron chi connectivity index (χ0n) is 16.5. The fourth-order valence-electron chi connectivity index (χ4n) is 2.35. The van der Waals surface area contributed by atoms with Gasteiger partial charge in [0, 0.05) is 0 Å². The molecule has 0 amide bonds. The second-order valence-electron chi connectivity index (χ2n) is 6.17. The highest BCUT2D eigenvalue weighted by atomic mass is 31.3. The molecule has 0 radical (unpaired) electrons. The van der Waals surface area contributed by atoms with Gasteiger partial charge in [0.25, 0.3) is 0 Å². The van der Waals surface area contributed by atoms with Crippen LogP contribution in [-0.4, -0.2) is 69.7 Å². The van der Waals surface area contributed by atoms with E-state index in [0.29, 0.717) is 0 Å². The van der Waals surface area contributed by atoms with Crippen molar-refractivity contribution < 1.29 is 60.6 Å². The van der Waals surface area contributed by atoms with Crippen molar-refractivity contribution in [3.63, 3.8) is 0 Å². The summed E-state index contributed by atoms with van der Waals surface area (Å²) in [4.78, 5) is 47.3. The lowest BCUT2D eigenvalue weighted by Crippen LogP contribution is -2.36. The molecule has 33 heavy (non-hydrogen) atoms. The highest BCUT2D eigenvalue weighted by Crippen LogP contribution is 2.66. The zero-order valence-corrected chi connectivity index (χ0v) is 19.2. The summed E-state index contributed by atoms with van der Waals surface area (Å²) in [5, 5.41) is 9.83. The zero-order chi connectivity index (χ0) is 25.2. The smallest absolute Gasteiger partial charge is 0.388 e. The van der Waals surface area contributed by atoms with Crippen LogP contribution in [0.3, 0.4) is 0 Å². The summed E-state index contributed by atoms with van der Waals surface area (Å²) in [5.74, 6) is -0.238. The van der Waals surface area contributed by atoms with Crippen LogP contribution in [0, 0.1) is 0 Å². The van der Waals surface area contributed by atoms with Crippen LogP contribution in [0.15, 0.2) is 6.33 Å². The van der Waals surface area contributed by atoms with Crippen molar-refractivity contribution in [1.29, 1.82) is 0 Å². The van der Waals surface area contributed by atoms with E-state index in [0.717, 1.165) is 0 Å². The number of nitrogens with two attached hydrogens (primary N) is 2. The third-order valence-electron chi connectivity index (χ3n) is 3.63. The monoisotopic (exact) mass is 540 g/mol. The summed E-state index contributed by atoms with van der Waals surface area (Å²) in [6.45, 7) is -1.10. The molecule has 18 nitrogen and oxygen atoms in total. The molecule has 0 aliphatic rings. The minimum absolute atomic E-state index is 0.0450. The number of hydrogen-bond acceptors (Lipinski definition) is 13. The first kappa shape index (κ1) is 27.7. The fraction of sp³-hybridized carbons (Fsp3) is 0.545. The first-order chi connectivity index (χ1) is 15.0. The molecular weight excluding hydrogens is 520 g/mol. The number of phosphoric ester groups is 1. The van der Waals surface area contributed by atoms with E-state index in [1.165, 1.54) is 17.8 Å². The van der Waals surface area contributed by atoms with Gasteiger partial charge in [-0.1, -0.05) is 0 Å². The van der Waals surface area contributed by atoms with Crippen LogP contribution in [0.25, 0.3) is 11.2 Å². The van der Waals surface area contributed by atoms with Crippen LogP contribution < -0.4 is 11.5 Å². The summed E-state index contributed by atoms with van der Waals surface area (Å²) in [5.41, 5.74) is 11.5. The molecule has 2 heterocycles. The Morgan fingerprint density at radius 2 is 1.76 bits per heavy atom. The molecule has 4 unspecified atom stereocenters. The van der Waals surface area contributed by atoms with E-state index in [-0.39, 0.29) is 22.9 Å². The third kappa shape index (κ3) is 7.99. The van der Waals surface area contributed by atoms with Crippen molar-refractivity contribution in [3.05, 3.63) is 6.33 Å². The minimum Gasteiger partial charge on any atom is -0.388 e. The lowest BCUT2D eigenvalue weighted by molar-refractivity contribution is -0.118. The quantitative estimate of drug-likeness (QED) is 0.168. The van der Waals surface area contributed by atoms with Gasteiger partial charge in [-0.2, -0.15) is 18.6 Å². The van der Waals surface area contributed by atoms with Crippen LogP contribution in [-0.2, 0) is 31.6 Å². The number of imidazole rings is 1. The maximum atomic E-state index is 13.1. The molecule has 0 spiro atoms. The van der Waals surface area contributed by atoms with Crippen molar-refractivity contribution in [1.82, 2.24) is 19.5 Å². The maximum Gasteiger partial charge on any atom is 0.490 e. The first-order valence-corrected chi connectivity index (χ1v) is 13.0. The highest BCUT2D eigenvalue weighted by molar-refractivity contribution is 7.66. The van der Waals surface area contributed by atoms with Gasteiger partial charge >= 0.3 is 23.5 Å². The number of halogens is 1. The van der Waals surface area contributed by atoms with Gasteiger partial charge in [0.05, 0.1) is 12.9 Å². The van der Waals surface area contributed by atoms with Crippen molar-refractivity contribution in [2.45, 2.75) is 25.4 Å². The minimum atomic E-state index is -5.76. The van der Waals surface area contributed by atoms with Crippen molar-refractivity contribution in [2.75, 3.05) is 24.7 Å². The number of fused-ring (bicyclic) bond motifs is 1. The van der Waals surface area contributed by atoms with Gasteiger partial charge in [0.2, 0.25) is 5.95 Å². The van der Waals surface area contributed by atoms with Crippen LogP contribution in [0.5, 0.6) is 0 Å². The van der Waals surface area contributed by atoms with Gasteiger partial charge in [-0.3, -0.25) is 9.09 Å². The Bertz CT molecular complexity index is 1130. The van der Waals surface area contributed by atoms with Crippen molar-refractivity contribution in [2.24, 2.45) is 0 Å². The lowest BCUT2D eigenvalue weighted by atomic mass is 10.2. The van der Waals surface area contributed by atoms with E-state index in [2.05, 4.69) is 28.1 Å². The van der Waals surface area contributed by atoms with Crippen LogP contribution in [0.4, 0.5) is 16.2 Å². The van der Waals surface area contributed by atoms with Gasteiger partial charge in [-0.25, -0.2) is 23.1 Å². The Hall–Kier alpha value is -1.59. The number of aliphatic hydroxyl groups excluding tert-OH is 1. The van der Waals surface area contributed by atoms with Crippen LogP contribution in [0.1, 0.15) is 13.2 Å². The lowest BCUT2D eigenvalue weighted by Gasteiger charge is -2.26. The number of alkyl halides is 1. The number of nitrogen functional groups attached to an aromatic ring is 2. The normalized spacial score (nSPS) is 19.0. The summed E-state index contributed by atoms with van der Waals surface area (Å²) in [7, 11) is -16.9. The van der Waals surface area contributed by atoms with Crippen LogP contribution >= 0.6 is 23.5 Å². The van der Waals surface area contributed by atoms with E-state index in [1.807, 2.05) is 0 Å². The van der Waals surface area contributed by atoms with Gasteiger partial charge in [-0.05, 0) is 6.92 Å². The molecule has 0 aliphatic heterocycles. The summed E-state index contributed by atoms with van der Waals surface area (Å²) >= 11 is 0. The largest absolute Gasteiger partial charge is 0.490 e. The molecule has 0 bridgehead atoms. The van der Waals surface area contributed by atoms with Crippen molar-refractivity contribution >= 4 is 46.4 Å². The number of hydrogen-bond donors (Lipinski definition) is 7. The fourth-order valence-corrected chi connectivity index (χ4v) is 5.38. The standard InChI is InChI=1S/C11H20FN6O12P3/c1-5(18-4-15-8-9(13)16-11(14)17-10(8)18)28-7(6(19)2-12)3-27-32(23,24)30-33(25,26)29-31(20,21)22/h4-7,19H,2-3H2,1H3,(H,23,24)(H,25,26)(H2,20,21,22)(H4,13,14,16,17)/t5?,6?,7-/m1/s1. The predicted molar refractivity (Wildman–Crippen MR) is 106 cm³/mol. The number of aromatic nitrogens is 4. The molecule has 0 aromatic carbocycles. The summed E-state index contributed by atoms with van der Waals surface area (Å²) < 4.78 is 65.1. The van der Waals surface area contributed by atoms with Crippen LogP contribution in [0.2, 0.25) is 0 Å². The Morgan fingerprint density at radius 3 is 2.33 bits per heavy atom. The predicted octanol–water partition coefficient (Wildman–Crippen LogP) is -0.432. The topological polar surface area (TPSA) is 285 Å². The molecule has 2 rings (SSSR count). The number of anilines is 2. The second kappa shape index (κ2) is 10.4. The van der Waals surface area contributed by atoms with E-state index in [4.69, 9.17) is 30.9 Å². The molecular formula is C11H20FN6O12P3. The molecule has 5 atom stereocenters. The number of nitrogens with zero attached hydrogens (tertiary/aromatic N) is 4. The first-order valence-electron chi connectivity index (χ1n) is 8.47. The third-order valence-corrected chi connectivity index (χ3v) is 7.44. The molecule has 0 saturated carbocycles. The average molecular weight is 540 g/mol. The van der Waals surface area contributed by atoms with Gasteiger partial charge in [0.15, 0.2) is 11.5 Å². The van der Waals surface area contributed by atoms with E-state index >= 15 is 0 Å². The molecule has 2 aromatic heterocycles. The Kier molecular flexibility index (Phi) is 8.67. The van der Waals surface area contributed by atoms with Crippen molar-refractivity contribution in [3.8, 4) is 0 Å². The van der Waals surface area contributed by atoms with Gasteiger partial charge in [-0.15, -0.1) is 0 Å². The Morgan fingerprint density at radius 1 is 1.12 bits per heavy atom.